The van der Waals surface area contributed by atoms with Crippen LogP contribution in [0.5, 0.6) is 0 Å². The Bertz CT molecular complexity index is 961. The third kappa shape index (κ3) is 3.33. The molecule has 0 radical (unpaired) electrons. The van der Waals surface area contributed by atoms with Crippen LogP contribution in [0, 0.1) is 0 Å². The van der Waals surface area contributed by atoms with E-state index >= 15 is 0 Å². The van der Waals surface area contributed by atoms with E-state index in [-0.39, 0.29) is 5.91 Å². The van der Waals surface area contributed by atoms with Gasteiger partial charge < -0.3 is 0 Å². The highest BCUT2D eigenvalue weighted by molar-refractivity contribution is 6.19. The first-order valence-corrected chi connectivity index (χ1v) is 8.58. The van der Waals surface area contributed by atoms with Crippen LogP contribution < -0.4 is 0 Å². The Labute approximate surface area is 152 Å². The molecule has 1 aliphatic rings. The van der Waals surface area contributed by atoms with Crippen molar-refractivity contribution < 1.29 is 4.79 Å². The average Bonchev–Trinajstić information content (AvgIpc) is 3.00. The fraction of sp³-hybridized carbons (Fsp3) is 0.0435. The van der Waals surface area contributed by atoms with E-state index in [0.29, 0.717) is 18.1 Å². The van der Waals surface area contributed by atoms with E-state index in [2.05, 4.69) is 4.99 Å². The van der Waals surface area contributed by atoms with Crippen molar-refractivity contribution in [2.24, 2.45) is 4.99 Å². The fourth-order valence-electron chi connectivity index (χ4n) is 2.98. The molecule has 3 heteroatoms. The van der Waals surface area contributed by atoms with Crippen LogP contribution in [0.25, 0.3) is 6.08 Å². The Morgan fingerprint density at radius 2 is 1.35 bits per heavy atom. The molecule has 1 heterocycles. The van der Waals surface area contributed by atoms with E-state index in [4.69, 9.17) is 0 Å². The lowest BCUT2D eigenvalue weighted by atomic mass is 10.1. The molecule has 3 nitrogen and oxygen atoms in total. The number of aliphatic imine (C=N–C) groups is 1. The van der Waals surface area contributed by atoms with Crippen LogP contribution in [-0.4, -0.2) is 16.6 Å². The van der Waals surface area contributed by atoms with Crippen molar-refractivity contribution >= 4 is 17.8 Å². The summed E-state index contributed by atoms with van der Waals surface area (Å²) >= 11 is 0. The number of nitrogens with zero attached hydrogens (tertiary/aromatic N) is 2. The Hall–Kier alpha value is -3.46. The number of benzene rings is 3. The molecule has 26 heavy (non-hydrogen) atoms. The van der Waals surface area contributed by atoms with Crippen LogP contribution in [0.15, 0.2) is 102 Å². The minimum Gasteiger partial charge on any atom is -0.286 e. The number of rotatable bonds is 4. The normalized spacial score (nSPS) is 15.4. The number of hydrogen-bond donors (Lipinski definition) is 0. The van der Waals surface area contributed by atoms with Gasteiger partial charge in [0.2, 0.25) is 0 Å². The first-order valence-electron chi connectivity index (χ1n) is 8.58. The van der Waals surface area contributed by atoms with Crippen LogP contribution in [0.3, 0.4) is 0 Å². The molecule has 0 unspecified atom stereocenters. The van der Waals surface area contributed by atoms with Gasteiger partial charge >= 0.3 is 0 Å². The maximum atomic E-state index is 13.0. The molecule has 4 rings (SSSR count). The fourth-order valence-corrected chi connectivity index (χ4v) is 2.98. The van der Waals surface area contributed by atoms with Crippen LogP contribution >= 0.6 is 0 Å². The minimum atomic E-state index is -0.0726. The van der Waals surface area contributed by atoms with Crippen molar-refractivity contribution in [3.8, 4) is 0 Å². The predicted octanol–water partition coefficient (Wildman–Crippen LogP) is 4.52. The summed E-state index contributed by atoms with van der Waals surface area (Å²) in [6, 6.07) is 29.6. The molecule has 0 bridgehead atoms. The van der Waals surface area contributed by atoms with Crippen molar-refractivity contribution in [3.05, 3.63) is 113 Å². The third-order valence-corrected chi connectivity index (χ3v) is 4.26. The molecule has 0 saturated carbocycles. The Kier molecular flexibility index (Phi) is 4.44. The predicted molar refractivity (Wildman–Crippen MR) is 104 cm³/mol. The summed E-state index contributed by atoms with van der Waals surface area (Å²) in [5, 5.41) is 0. The zero-order valence-corrected chi connectivity index (χ0v) is 14.2. The largest absolute Gasteiger partial charge is 0.286 e. The molecule has 0 atom stereocenters. The molecule has 126 valence electrons. The summed E-state index contributed by atoms with van der Waals surface area (Å²) in [6.45, 7) is 0.500. The second-order valence-electron chi connectivity index (χ2n) is 6.12. The molecule has 3 aromatic rings. The Morgan fingerprint density at radius 1 is 0.769 bits per heavy atom. The maximum absolute atomic E-state index is 13.0. The van der Waals surface area contributed by atoms with E-state index < -0.39 is 0 Å². The lowest BCUT2D eigenvalue weighted by molar-refractivity contribution is -0.123. The summed E-state index contributed by atoms with van der Waals surface area (Å²) in [5.41, 5.74) is 3.44. The molecule has 0 spiro atoms. The summed E-state index contributed by atoms with van der Waals surface area (Å²) in [4.78, 5) is 19.5. The molecule has 0 fully saturated rings. The molecule has 0 aromatic heterocycles. The number of carbonyl (C=O) groups is 1. The van der Waals surface area contributed by atoms with Gasteiger partial charge in [0, 0.05) is 5.56 Å². The van der Waals surface area contributed by atoms with Crippen molar-refractivity contribution in [1.82, 2.24) is 4.90 Å². The maximum Gasteiger partial charge on any atom is 0.278 e. The van der Waals surface area contributed by atoms with Gasteiger partial charge in [-0.15, -0.1) is 0 Å². The lowest BCUT2D eigenvalue weighted by Gasteiger charge is -2.18. The lowest BCUT2D eigenvalue weighted by Crippen LogP contribution is -2.32. The summed E-state index contributed by atoms with van der Waals surface area (Å²) in [6.07, 6.45) is 1.84. The van der Waals surface area contributed by atoms with Crippen LogP contribution in [0.2, 0.25) is 0 Å². The quantitative estimate of drug-likeness (QED) is 0.644. The Morgan fingerprint density at radius 3 is 2.00 bits per heavy atom. The van der Waals surface area contributed by atoms with E-state index in [0.717, 1.165) is 16.7 Å². The van der Waals surface area contributed by atoms with Gasteiger partial charge in [0.25, 0.3) is 5.91 Å². The van der Waals surface area contributed by atoms with Gasteiger partial charge in [0.15, 0.2) is 0 Å². The number of amides is 1. The molecular formula is C23H18N2O. The molecule has 0 N–H and O–H groups in total. The zero-order valence-electron chi connectivity index (χ0n) is 14.2. The standard InChI is InChI=1S/C23H18N2O/c26-23-21(16-18-10-4-1-5-11-18)24-22(20-14-8-3-9-15-20)25(23)17-19-12-6-2-7-13-19/h1-16H,17H2/b21-16+. The van der Waals surface area contributed by atoms with E-state index in [9.17, 15) is 4.79 Å². The highest BCUT2D eigenvalue weighted by Gasteiger charge is 2.30. The van der Waals surface area contributed by atoms with Gasteiger partial charge in [-0.3, -0.25) is 9.69 Å². The van der Waals surface area contributed by atoms with Gasteiger partial charge in [0.05, 0.1) is 6.54 Å². The smallest absolute Gasteiger partial charge is 0.278 e. The first-order chi connectivity index (χ1) is 12.8. The molecular weight excluding hydrogens is 320 g/mol. The topological polar surface area (TPSA) is 32.7 Å². The van der Waals surface area contributed by atoms with Gasteiger partial charge in [-0.1, -0.05) is 91.0 Å². The van der Waals surface area contributed by atoms with Gasteiger partial charge in [-0.2, -0.15) is 0 Å². The first kappa shape index (κ1) is 16.0. The second kappa shape index (κ2) is 7.19. The number of carbonyl (C=O) groups excluding carboxylic acids is 1. The summed E-state index contributed by atoms with van der Waals surface area (Å²) < 4.78 is 0. The van der Waals surface area contributed by atoms with Crippen molar-refractivity contribution in [3.63, 3.8) is 0 Å². The highest BCUT2D eigenvalue weighted by atomic mass is 16.2. The number of amidine groups is 1. The molecule has 0 aliphatic carbocycles. The molecule has 3 aromatic carbocycles. The summed E-state index contributed by atoms with van der Waals surface area (Å²) in [5.74, 6) is 0.623. The van der Waals surface area contributed by atoms with Crippen LogP contribution in [-0.2, 0) is 11.3 Å². The Balaban J connectivity index is 1.73. The second-order valence-corrected chi connectivity index (χ2v) is 6.12. The molecule has 1 aliphatic heterocycles. The monoisotopic (exact) mass is 338 g/mol. The van der Waals surface area contributed by atoms with E-state index in [1.54, 1.807) is 4.90 Å². The van der Waals surface area contributed by atoms with E-state index in [1.165, 1.54) is 0 Å². The average molecular weight is 338 g/mol. The highest BCUT2D eigenvalue weighted by Crippen LogP contribution is 2.24. The third-order valence-electron chi connectivity index (χ3n) is 4.26. The summed E-state index contributed by atoms with van der Waals surface area (Å²) in [7, 11) is 0. The molecule has 0 saturated heterocycles. The minimum absolute atomic E-state index is 0.0726. The van der Waals surface area contributed by atoms with Crippen LogP contribution in [0.1, 0.15) is 16.7 Å². The van der Waals surface area contributed by atoms with Crippen LogP contribution in [0.4, 0.5) is 0 Å². The van der Waals surface area contributed by atoms with Crippen molar-refractivity contribution in [2.45, 2.75) is 6.54 Å². The zero-order chi connectivity index (χ0) is 17.8. The van der Waals surface area contributed by atoms with Gasteiger partial charge in [0.1, 0.15) is 11.5 Å². The van der Waals surface area contributed by atoms with E-state index in [1.807, 2.05) is 97.1 Å². The SMILES string of the molecule is O=C1/C(=C\c2ccccc2)N=C(c2ccccc2)N1Cc1ccccc1. The van der Waals surface area contributed by atoms with Gasteiger partial charge in [-0.25, -0.2) is 4.99 Å². The number of hydrogen-bond acceptors (Lipinski definition) is 2. The molecule has 1 amide bonds. The van der Waals surface area contributed by atoms with Crippen molar-refractivity contribution in [1.29, 1.82) is 0 Å². The van der Waals surface area contributed by atoms with Crippen molar-refractivity contribution in [2.75, 3.05) is 0 Å². The van der Waals surface area contributed by atoms with Gasteiger partial charge in [-0.05, 0) is 17.2 Å².